The quantitative estimate of drug-likeness (QED) is 0.563. The molecule has 0 aliphatic rings. The van der Waals surface area contributed by atoms with E-state index in [0.29, 0.717) is 5.56 Å². The van der Waals surface area contributed by atoms with Gasteiger partial charge in [0.25, 0.3) is 0 Å². The van der Waals surface area contributed by atoms with Gasteiger partial charge >= 0.3 is 5.97 Å². The van der Waals surface area contributed by atoms with Crippen molar-refractivity contribution >= 4 is 69.0 Å². The summed E-state index contributed by atoms with van der Waals surface area (Å²) in [6.07, 6.45) is 0. The van der Waals surface area contributed by atoms with Gasteiger partial charge in [0.1, 0.15) is 5.15 Å². The van der Waals surface area contributed by atoms with Gasteiger partial charge in [-0.3, -0.25) is 0 Å². The molecular formula is C7H6ClKNO2. The van der Waals surface area contributed by atoms with Crippen molar-refractivity contribution in [1.29, 1.82) is 0 Å². The molecule has 1 rings (SSSR count). The van der Waals surface area contributed by atoms with E-state index >= 15 is 0 Å². The molecule has 0 amide bonds. The van der Waals surface area contributed by atoms with Crippen LogP contribution < -0.4 is 0 Å². The Morgan fingerprint density at radius 1 is 1.58 bits per heavy atom. The maximum absolute atomic E-state index is 10.5. The largest absolute Gasteiger partial charge is 0.477 e. The summed E-state index contributed by atoms with van der Waals surface area (Å²) in [6.45, 7) is 1.67. The van der Waals surface area contributed by atoms with Gasteiger partial charge in [0.05, 0.1) is 0 Å². The van der Waals surface area contributed by atoms with Crippen LogP contribution in [0, 0.1) is 6.92 Å². The van der Waals surface area contributed by atoms with Gasteiger partial charge in [0.15, 0.2) is 5.69 Å². The number of carboxylic acids is 1. The second-order valence-corrected chi connectivity index (χ2v) is 2.49. The van der Waals surface area contributed by atoms with Gasteiger partial charge in [-0.25, -0.2) is 9.78 Å². The smallest absolute Gasteiger partial charge is 0.354 e. The number of halogens is 1. The summed E-state index contributed by atoms with van der Waals surface area (Å²) in [6, 6.07) is 3.18. The van der Waals surface area contributed by atoms with Crippen LogP contribution in [0.15, 0.2) is 12.1 Å². The number of nitrogens with zero attached hydrogens (tertiary/aromatic N) is 1. The van der Waals surface area contributed by atoms with Crippen molar-refractivity contribution in [3.8, 4) is 0 Å². The first-order chi connectivity index (χ1) is 5.11. The van der Waals surface area contributed by atoms with Crippen LogP contribution in [-0.2, 0) is 0 Å². The van der Waals surface area contributed by atoms with Crippen LogP contribution in [0.25, 0.3) is 0 Å². The molecule has 1 heterocycles. The maximum Gasteiger partial charge on any atom is 0.354 e. The number of pyridine rings is 1. The van der Waals surface area contributed by atoms with Crippen LogP contribution in [0.3, 0.4) is 0 Å². The Hall–Kier alpha value is 0.546. The first-order valence-electron chi connectivity index (χ1n) is 2.97. The molecule has 1 aromatic rings. The molecule has 1 radical (unpaired) electrons. The normalized spacial score (nSPS) is 8.83. The fourth-order valence-corrected chi connectivity index (χ4v) is 0.869. The van der Waals surface area contributed by atoms with Gasteiger partial charge in [-0.2, -0.15) is 0 Å². The number of aryl methyl sites for hydroxylation is 1. The van der Waals surface area contributed by atoms with Crippen LogP contribution in [0.1, 0.15) is 16.1 Å². The molecular weight excluding hydrogens is 205 g/mol. The van der Waals surface area contributed by atoms with Gasteiger partial charge in [-0.15, -0.1) is 0 Å². The summed E-state index contributed by atoms with van der Waals surface area (Å²) in [7, 11) is 0. The number of hydrogen-bond donors (Lipinski definition) is 1. The molecule has 0 saturated heterocycles. The van der Waals surface area contributed by atoms with Crippen LogP contribution >= 0.6 is 11.6 Å². The van der Waals surface area contributed by atoms with Crippen molar-refractivity contribution in [1.82, 2.24) is 4.98 Å². The average molecular weight is 211 g/mol. The van der Waals surface area contributed by atoms with E-state index in [1.807, 2.05) is 0 Å². The van der Waals surface area contributed by atoms with E-state index in [4.69, 9.17) is 16.7 Å². The number of carboxylic acid groups (broad SMARTS) is 1. The third kappa shape index (κ3) is 3.12. The van der Waals surface area contributed by atoms with Gasteiger partial charge in [0, 0.05) is 51.4 Å². The standard InChI is InChI=1S/C7H6ClNO2.K/c1-4-2-3-5(8)9-6(4)7(10)11;/h2-3H,1H3,(H,10,11);. The van der Waals surface area contributed by atoms with Crippen molar-refractivity contribution in [3.05, 3.63) is 28.5 Å². The molecule has 59 valence electrons. The Morgan fingerprint density at radius 3 is 2.58 bits per heavy atom. The van der Waals surface area contributed by atoms with Gasteiger partial charge < -0.3 is 5.11 Å². The Bertz CT molecular complexity index is 303. The third-order valence-corrected chi connectivity index (χ3v) is 1.48. The number of rotatable bonds is 1. The minimum Gasteiger partial charge on any atom is -0.477 e. The molecule has 0 aliphatic heterocycles. The van der Waals surface area contributed by atoms with Crippen LogP contribution in [0.2, 0.25) is 5.15 Å². The van der Waals surface area contributed by atoms with Crippen molar-refractivity contribution < 1.29 is 9.90 Å². The first-order valence-corrected chi connectivity index (χ1v) is 3.35. The Balaban J connectivity index is 0.00000121. The molecule has 5 heteroatoms. The Morgan fingerprint density at radius 2 is 2.17 bits per heavy atom. The minimum absolute atomic E-state index is 0. The van der Waals surface area contributed by atoms with E-state index in [9.17, 15) is 4.79 Å². The number of aromatic carboxylic acids is 1. The minimum atomic E-state index is -1.05. The van der Waals surface area contributed by atoms with Crippen molar-refractivity contribution in [3.63, 3.8) is 0 Å². The second-order valence-electron chi connectivity index (χ2n) is 2.10. The molecule has 12 heavy (non-hydrogen) atoms. The molecule has 1 aromatic heterocycles. The van der Waals surface area contributed by atoms with Crippen LogP contribution in [0.4, 0.5) is 0 Å². The van der Waals surface area contributed by atoms with Gasteiger partial charge in [-0.1, -0.05) is 17.7 Å². The monoisotopic (exact) mass is 210 g/mol. The fourth-order valence-electron chi connectivity index (χ4n) is 0.721. The molecule has 0 bridgehead atoms. The first kappa shape index (κ1) is 12.5. The van der Waals surface area contributed by atoms with E-state index in [-0.39, 0.29) is 62.2 Å². The molecule has 0 atom stereocenters. The summed E-state index contributed by atoms with van der Waals surface area (Å²) in [4.78, 5) is 14.1. The second kappa shape index (κ2) is 5.31. The van der Waals surface area contributed by atoms with E-state index in [0.717, 1.165) is 0 Å². The van der Waals surface area contributed by atoms with Crippen LogP contribution in [-0.4, -0.2) is 67.4 Å². The van der Waals surface area contributed by atoms with Crippen molar-refractivity contribution in [2.75, 3.05) is 0 Å². The van der Waals surface area contributed by atoms with E-state index < -0.39 is 5.97 Å². The molecule has 0 aliphatic carbocycles. The summed E-state index contributed by atoms with van der Waals surface area (Å²) in [5.41, 5.74) is 0.624. The number of hydrogen-bond acceptors (Lipinski definition) is 2. The van der Waals surface area contributed by atoms with E-state index in [1.54, 1.807) is 19.1 Å². The van der Waals surface area contributed by atoms with Crippen molar-refractivity contribution in [2.24, 2.45) is 0 Å². The third-order valence-electron chi connectivity index (χ3n) is 1.27. The Labute approximate surface area is 118 Å². The molecule has 3 nitrogen and oxygen atoms in total. The van der Waals surface area contributed by atoms with Crippen LogP contribution in [0.5, 0.6) is 0 Å². The van der Waals surface area contributed by atoms with E-state index in [2.05, 4.69) is 4.98 Å². The molecule has 0 aromatic carbocycles. The molecule has 0 saturated carbocycles. The maximum atomic E-state index is 10.5. The molecule has 1 N–H and O–H groups in total. The molecule has 0 spiro atoms. The average Bonchev–Trinajstić information content (AvgIpc) is 1.94. The van der Waals surface area contributed by atoms with Crippen molar-refractivity contribution in [2.45, 2.75) is 6.92 Å². The summed E-state index contributed by atoms with van der Waals surface area (Å²) in [5.74, 6) is -1.05. The summed E-state index contributed by atoms with van der Waals surface area (Å²) < 4.78 is 0. The zero-order valence-corrected chi connectivity index (χ0v) is 10.7. The summed E-state index contributed by atoms with van der Waals surface area (Å²) >= 11 is 5.49. The summed E-state index contributed by atoms with van der Waals surface area (Å²) in [5, 5.41) is 8.77. The zero-order valence-electron chi connectivity index (χ0n) is 6.84. The number of aromatic nitrogens is 1. The SMILES string of the molecule is Cc1ccc(Cl)nc1C(=O)O.[K]. The van der Waals surface area contributed by atoms with E-state index in [1.165, 1.54) is 0 Å². The van der Waals surface area contributed by atoms with Gasteiger partial charge in [-0.05, 0) is 18.6 Å². The van der Waals surface area contributed by atoms with Gasteiger partial charge in [0.2, 0.25) is 0 Å². The predicted octanol–water partition coefficient (Wildman–Crippen LogP) is 1.36. The molecule has 0 fully saturated rings. The predicted molar refractivity (Wildman–Crippen MR) is 46.7 cm³/mol. The fraction of sp³-hybridized carbons (Fsp3) is 0.143. The Kier molecular flexibility index (Phi) is 5.56. The topological polar surface area (TPSA) is 50.2 Å². The molecule has 0 unspecified atom stereocenters. The number of carbonyl (C=O) groups is 1. The zero-order chi connectivity index (χ0) is 8.43.